The SMILES string of the molecule is CN(Cc1ccccc1Br)C(=O)Cn1ccccc1=O. The third-order valence-corrected chi connectivity index (χ3v) is 3.77. The number of likely N-dealkylation sites (N-methyl/N-ethyl adjacent to an activating group) is 1. The van der Waals surface area contributed by atoms with Gasteiger partial charge in [-0.3, -0.25) is 9.59 Å². The first-order valence-electron chi connectivity index (χ1n) is 6.21. The highest BCUT2D eigenvalue weighted by molar-refractivity contribution is 9.10. The second kappa shape index (κ2) is 6.52. The van der Waals surface area contributed by atoms with Gasteiger partial charge in [-0.1, -0.05) is 40.2 Å². The van der Waals surface area contributed by atoms with Gasteiger partial charge in [0, 0.05) is 30.3 Å². The van der Waals surface area contributed by atoms with Crippen molar-refractivity contribution in [1.82, 2.24) is 9.47 Å². The lowest BCUT2D eigenvalue weighted by atomic mass is 10.2. The quantitative estimate of drug-likeness (QED) is 0.860. The summed E-state index contributed by atoms with van der Waals surface area (Å²) in [7, 11) is 1.73. The second-order valence-corrected chi connectivity index (χ2v) is 5.36. The van der Waals surface area contributed by atoms with E-state index in [0.29, 0.717) is 6.54 Å². The normalized spacial score (nSPS) is 10.3. The van der Waals surface area contributed by atoms with E-state index in [2.05, 4.69) is 15.9 Å². The molecule has 104 valence electrons. The number of halogens is 1. The van der Waals surface area contributed by atoms with Crippen LogP contribution in [0.5, 0.6) is 0 Å². The topological polar surface area (TPSA) is 42.3 Å². The Labute approximate surface area is 125 Å². The van der Waals surface area contributed by atoms with Gasteiger partial charge in [-0.2, -0.15) is 0 Å². The van der Waals surface area contributed by atoms with E-state index in [1.165, 1.54) is 10.6 Å². The fraction of sp³-hybridized carbons (Fsp3) is 0.200. The highest BCUT2D eigenvalue weighted by Crippen LogP contribution is 2.17. The number of aromatic nitrogens is 1. The summed E-state index contributed by atoms with van der Waals surface area (Å²) in [6.07, 6.45) is 1.62. The lowest BCUT2D eigenvalue weighted by molar-refractivity contribution is -0.131. The van der Waals surface area contributed by atoms with E-state index in [1.54, 1.807) is 30.3 Å². The molecule has 1 amide bonds. The molecule has 0 aliphatic heterocycles. The summed E-state index contributed by atoms with van der Waals surface area (Å²) in [5.41, 5.74) is 0.860. The zero-order chi connectivity index (χ0) is 14.5. The molecule has 0 N–H and O–H groups in total. The van der Waals surface area contributed by atoms with Crippen molar-refractivity contribution in [3.8, 4) is 0 Å². The molecule has 0 radical (unpaired) electrons. The lowest BCUT2D eigenvalue weighted by Gasteiger charge is -2.18. The Hall–Kier alpha value is -1.88. The van der Waals surface area contributed by atoms with Gasteiger partial charge in [0.05, 0.1) is 0 Å². The largest absolute Gasteiger partial charge is 0.340 e. The van der Waals surface area contributed by atoms with Gasteiger partial charge in [-0.05, 0) is 17.7 Å². The smallest absolute Gasteiger partial charge is 0.250 e. The van der Waals surface area contributed by atoms with Crippen molar-refractivity contribution in [1.29, 1.82) is 0 Å². The predicted octanol–water partition coefficient (Wildman–Crippen LogP) is 2.27. The molecule has 2 rings (SSSR count). The monoisotopic (exact) mass is 334 g/mol. The van der Waals surface area contributed by atoms with E-state index in [0.717, 1.165) is 10.0 Å². The number of hydrogen-bond acceptors (Lipinski definition) is 2. The second-order valence-electron chi connectivity index (χ2n) is 4.51. The predicted molar refractivity (Wildman–Crippen MR) is 81.3 cm³/mol. The van der Waals surface area contributed by atoms with Gasteiger partial charge in [-0.15, -0.1) is 0 Å². The molecule has 0 atom stereocenters. The molecule has 0 bridgehead atoms. The van der Waals surface area contributed by atoms with Crippen molar-refractivity contribution in [2.75, 3.05) is 7.05 Å². The van der Waals surface area contributed by atoms with Gasteiger partial charge < -0.3 is 9.47 Å². The zero-order valence-electron chi connectivity index (χ0n) is 11.1. The maximum Gasteiger partial charge on any atom is 0.250 e. The minimum Gasteiger partial charge on any atom is -0.340 e. The number of amides is 1. The maximum atomic E-state index is 12.1. The van der Waals surface area contributed by atoms with Crippen LogP contribution in [-0.4, -0.2) is 22.4 Å². The minimum atomic E-state index is -0.171. The average Bonchev–Trinajstić information content (AvgIpc) is 2.43. The van der Waals surface area contributed by atoms with E-state index >= 15 is 0 Å². The Bertz CT molecular complexity index is 667. The highest BCUT2D eigenvalue weighted by atomic mass is 79.9. The van der Waals surface area contributed by atoms with Crippen molar-refractivity contribution in [3.05, 3.63) is 69.1 Å². The molecular weight excluding hydrogens is 320 g/mol. The summed E-state index contributed by atoms with van der Waals surface area (Å²) >= 11 is 3.46. The van der Waals surface area contributed by atoms with E-state index < -0.39 is 0 Å². The number of hydrogen-bond donors (Lipinski definition) is 0. The molecule has 1 aromatic heterocycles. The van der Waals surface area contributed by atoms with Crippen LogP contribution in [0.2, 0.25) is 0 Å². The summed E-state index contributed by atoms with van der Waals surface area (Å²) < 4.78 is 2.37. The fourth-order valence-corrected chi connectivity index (χ4v) is 2.24. The number of rotatable bonds is 4. The van der Waals surface area contributed by atoms with Gasteiger partial charge in [-0.25, -0.2) is 0 Å². The molecule has 0 aliphatic carbocycles. The first kappa shape index (κ1) is 14.5. The molecule has 0 saturated carbocycles. The molecule has 2 aromatic rings. The molecule has 4 nitrogen and oxygen atoms in total. The van der Waals surface area contributed by atoms with Gasteiger partial charge >= 0.3 is 0 Å². The van der Waals surface area contributed by atoms with Gasteiger partial charge in [0.2, 0.25) is 5.91 Å². The lowest BCUT2D eigenvalue weighted by Crippen LogP contribution is -2.33. The van der Waals surface area contributed by atoms with Crippen LogP contribution in [0.3, 0.4) is 0 Å². The van der Waals surface area contributed by atoms with Crippen molar-refractivity contribution >= 4 is 21.8 Å². The summed E-state index contributed by atoms with van der Waals surface area (Å²) in [6.45, 7) is 0.558. The van der Waals surface area contributed by atoms with Gasteiger partial charge in [0.15, 0.2) is 0 Å². The molecule has 0 spiro atoms. The first-order chi connectivity index (χ1) is 9.58. The van der Waals surface area contributed by atoms with Crippen LogP contribution in [0.1, 0.15) is 5.56 Å². The number of pyridine rings is 1. The third kappa shape index (κ3) is 3.57. The number of carbonyl (C=O) groups is 1. The van der Waals surface area contributed by atoms with E-state index in [-0.39, 0.29) is 18.0 Å². The average molecular weight is 335 g/mol. The summed E-state index contributed by atoms with van der Waals surface area (Å²) in [5, 5.41) is 0. The van der Waals surface area contributed by atoms with Crippen LogP contribution < -0.4 is 5.56 Å². The molecule has 0 saturated heterocycles. The first-order valence-corrected chi connectivity index (χ1v) is 7.00. The molecule has 1 aromatic carbocycles. The van der Waals surface area contributed by atoms with Crippen molar-refractivity contribution in [2.45, 2.75) is 13.1 Å². The Kier molecular flexibility index (Phi) is 4.74. The van der Waals surface area contributed by atoms with Gasteiger partial charge in [0.25, 0.3) is 5.56 Å². The standard InChI is InChI=1S/C15H15BrN2O2/c1-17(10-12-6-2-3-7-13(12)16)15(20)11-18-9-5-4-8-14(18)19/h2-9H,10-11H2,1H3. The van der Waals surface area contributed by atoms with E-state index in [9.17, 15) is 9.59 Å². The van der Waals surface area contributed by atoms with Crippen LogP contribution in [0.15, 0.2) is 57.9 Å². The molecule has 0 unspecified atom stereocenters. The molecular formula is C15H15BrN2O2. The third-order valence-electron chi connectivity index (χ3n) is 3.00. The molecule has 20 heavy (non-hydrogen) atoms. The van der Waals surface area contributed by atoms with Crippen molar-refractivity contribution in [2.24, 2.45) is 0 Å². The van der Waals surface area contributed by atoms with Crippen LogP contribution in [-0.2, 0) is 17.9 Å². The van der Waals surface area contributed by atoms with Gasteiger partial charge in [0.1, 0.15) is 6.54 Å². The Morgan fingerprint density at radius 2 is 1.90 bits per heavy atom. The molecule has 0 aliphatic rings. The molecule has 0 fully saturated rings. The highest BCUT2D eigenvalue weighted by Gasteiger charge is 2.11. The summed E-state index contributed by atoms with van der Waals surface area (Å²) in [5.74, 6) is -0.103. The molecule has 1 heterocycles. The zero-order valence-corrected chi connectivity index (χ0v) is 12.7. The summed E-state index contributed by atoms with van der Waals surface area (Å²) in [4.78, 5) is 25.3. The Balaban J connectivity index is 2.05. The van der Waals surface area contributed by atoms with Crippen LogP contribution in [0, 0.1) is 0 Å². The van der Waals surface area contributed by atoms with Crippen LogP contribution in [0.4, 0.5) is 0 Å². The van der Waals surface area contributed by atoms with E-state index in [1.807, 2.05) is 24.3 Å². The number of nitrogens with zero attached hydrogens (tertiary/aromatic N) is 2. The minimum absolute atomic E-state index is 0.0562. The Morgan fingerprint density at radius 3 is 2.60 bits per heavy atom. The molecule has 5 heteroatoms. The van der Waals surface area contributed by atoms with Crippen molar-refractivity contribution in [3.63, 3.8) is 0 Å². The van der Waals surface area contributed by atoms with Crippen molar-refractivity contribution < 1.29 is 4.79 Å². The number of carbonyl (C=O) groups excluding carboxylic acids is 1. The fourth-order valence-electron chi connectivity index (χ4n) is 1.83. The number of benzene rings is 1. The summed E-state index contributed by atoms with van der Waals surface area (Å²) in [6, 6.07) is 12.6. The van der Waals surface area contributed by atoms with Crippen LogP contribution >= 0.6 is 15.9 Å². The Morgan fingerprint density at radius 1 is 1.20 bits per heavy atom. The van der Waals surface area contributed by atoms with Crippen LogP contribution in [0.25, 0.3) is 0 Å². The van der Waals surface area contributed by atoms with E-state index in [4.69, 9.17) is 0 Å². The maximum absolute atomic E-state index is 12.1.